The highest BCUT2D eigenvalue weighted by Gasteiger charge is 2.06. The smallest absolute Gasteiger partial charge is 0.149 e. The molecule has 0 aliphatic rings. The summed E-state index contributed by atoms with van der Waals surface area (Å²) in [4.78, 5) is 8.83. The van der Waals surface area contributed by atoms with Gasteiger partial charge in [-0.25, -0.2) is 4.98 Å². The van der Waals surface area contributed by atoms with Crippen molar-refractivity contribution in [2.75, 3.05) is 18.5 Å². The number of fused-ring (bicyclic) bond motifs is 1. The summed E-state index contributed by atoms with van der Waals surface area (Å²) in [5.74, 6) is 1.34. The number of aliphatic hydroxyl groups excluding tert-OH is 1. The van der Waals surface area contributed by atoms with E-state index in [1.165, 1.54) is 0 Å². The highest BCUT2D eigenvalue weighted by molar-refractivity contribution is 6.42. The molecule has 7 heteroatoms. The first kappa shape index (κ1) is 16.8. The van der Waals surface area contributed by atoms with Crippen LogP contribution in [0.4, 0.5) is 11.5 Å². The molecule has 0 radical (unpaired) electrons. The van der Waals surface area contributed by atoms with Crippen LogP contribution in [0.3, 0.4) is 0 Å². The third kappa shape index (κ3) is 3.70. The van der Waals surface area contributed by atoms with Crippen LogP contribution >= 0.6 is 23.2 Å². The molecule has 124 valence electrons. The van der Waals surface area contributed by atoms with Crippen molar-refractivity contribution in [3.8, 4) is 5.75 Å². The molecule has 3 aromatic rings. The van der Waals surface area contributed by atoms with Crippen molar-refractivity contribution < 1.29 is 9.84 Å². The molecule has 2 aromatic carbocycles. The van der Waals surface area contributed by atoms with Crippen LogP contribution in [-0.2, 0) is 0 Å². The number of nitrogens with zero attached hydrogens (tertiary/aromatic N) is 2. The number of benzene rings is 2. The number of rotatable bonds is 5. The van der Waals surface area contributed by atoms with Gasteiger partial charge in [0.05, 0.1) is 33.9 Å². The van der Waals surface area contributed by atoms with Crippen molar-refractivity contribution in [3.05, 3.63) is 52.1 Å². The lowest BCUT2D eigenvalue weighted by Crippen LogP contribution is -2.03. The number of aryl methyl sites for hydroxylation is 1. The molecular formula is C17H15Cl2N3O2. The lowest BCUT2D eigenvalue weighted by molar-refractivity contribution is 0.200. The number of aliphatic hydroxyl groups is 1. The molecule has 3 rings (SSSR count). The van der Waals surface area contributed by atoms with Gasteiger partial charge in [0.25, 0.3) is 0 Å². The van der Waals surface area contributed by atoms with Gasteiger partial charge in [0.15, 0.2) is 0 Å². The second-order valence-electron chi connectivity index (χ2n) is 5.19. The topological polar surface area (TPSA) is 67.3 Å². The summed E-state index contributed by atoms with van der Waals surface area (Å²) in [7, 11) is 0. The van der Waals surface area contributed by atoms with Crippen molar-refractivity contribution in [3.63, 3.8) is 0 Å². The Morgan fingerprint density at radius 3 is 2.58 bits per heavy atom. The van der Waals surface area contributed by atoms with Crippen molar-refractivity contribution in [1.82, 2.24) is 9.97 Å². The Balaban J connectivity index is 1.84. The zero-order valence-corrected chi connectivity index (χ0v) is 14.4. The van der Waals surface area contributed by atoms with Gasteiger partial charge < -0.3 is 15.2 Å². The third-order valence-corrected chi connectivity index (χ3v) is 4.10. The molecule has 5 nitrogen and oxygen atoms in total. The Bertz CT molecular complexity index is 887. The van der Waals surface area contributed by atoms with Crippen LogP contribution in [0.1, 0.15) is 5.56 Å². The Morgan fingerprint density at radius 1 is 1.12 bits per heavy atom. The second kappa shape index (κ2) is 7.21. The van der Waals surface area contributed by atoms with Gasteiger partial charge in [-0.05, 0) is 42.8 Å². The van der Waals surface area contributed by atoms with Gasteiger partial charge >= 0.3 is 0 Å². The van der Waals surface area contributed by atoms with Gasteiger partial charge in [-0.2, -0.15) is 0 Å². The SMILES string of the molecule is Cc1cc(Nc2cnc3cc(Cl)c(Cl)cc3n2)ccc1OCCO. The minimum atomic E-state index is -0.0152. The summed E-state index contributed by atoms with van der Waals surface area (Å²) < 4.78 is 5.44. The van der Waals surface area contributed by atoms with Crippen LogP contribution in [0.25, 0.3) is 11.0 Å². The van der Waals surface area contributed by atoms with Crippen LogP contribution in [-0.4, -0.2) is 28.3 Å². The zero-order valence-electron chi connectivity index (χ0n) is 12.9. The molecule has 0 aliphatic heterocycles. The van der Waals surface area contributed by atoms with Crippen LogP contribution in [0, 0.1) is 6.92 Å². The van der Waals surface area contributed by atoms with Gasteiger partial charge in [-0.15, -0.1) is 0 Å². The summed E-state index contributed by atoms with van der Waals surface area (Å²) in [6, 6.07) is 9.04. The van der Waals surface area contributed by atoms with E-state index in [4.69, 9.17) is 33.0 Å². The standard InChI is InChI=1S/C17H15Cl2N3O2/c1-10-6-11(2-3-16(10)24-5-4-23)21-17-9-20-14-7-12(18)13(19)8-15(14)22-17/h2-3,6-9,23H,4-5H2,1H3,(H,21,22). The number of hydrogen-bond donors (Lipinski definition) is 2. The summed E-state index contributed by atoms with van der Waals surface area (Å²) >= 11 is 12.0. The Kier molecular flexibility index (Phi) is 5.04. The maximum Gasteiger partial charge on any atom is 0.149 e. The number of hydrogen-bond acceptors (Lipinski definition) is 5. The monoisotopic (exact) mass is 363 g/mol. The minimum absolute atomic E-state index is 0.0152. The molecule has 0 atom stereocenters. The van der Waals surface area contributed by atoms with E-state index >= 15 is 0 Å². The lowest BCUT2D eigenvalue weighted by Gasteiger charge is -2.11. The average Bonchev–Trinajstić information content (AvgIpc) is 2.55. The molecule has 0 fully saturated rings. The Labute approximate surface area is 149 Å². The van der Waals surface area contributed by atoms with Gasteiger partial charge in [0, 0.05) is 5.69 Å². The van der Waals surface area contributed by atoms with E-state index in [2.05, 4.69) is 15.3 Å². The quantitative estimate of drug-likeness (QED) is 0.704. The van der Waals surface area contributed by atoms with E-state index in [-0.39, 0.29) is 13.2 Å². The first-order chi connectivity index (χ1) is 11.6. The highest BCUT2D eigenvalue weighted by atomic mass is 35.5. The lowest BCUT2D eigenvalue weighted by atomic mass is 10.2. The molecule has 1 aromatic heterocycles. The number of anilines is 2. The number of ether oxygens (including phenoxy) is 1. The maximum absolute atomic E-state index is 8.82. The minimum Gasteiger partial charge on any atom is -0.491 e. The Hall–Kier alpha value is -2.08. The maximum atomic E-state index is 8.82. The summed E-state index contributed by atoms with van der Waals surface area (Å²) in [6.45, 7) is 2.19. The van der Waals surface area contributed by atoms with Gasteiger partial charge in [-0.3, -0.25) is 4.98 Å². The molecule has 0 amide bonds. The van der Waals surface area contributed by atoms with Crippen molar-refractivity contribution in [2.24, 2.45) is 0 Å². The molecule has 0 bridgehead atoms. The van der Waals surface area contributed by atoms with E-state index in [1.807, 2.05) is 25.1 Å². The van der Waals surface area contributed by atoms with Crippen molar-refractivity contribution in [2.45, 2.75) is 6.92 Å². The Morgan fingerprint density at radius 2 is 1.88 bits per heavy atom. The summed E-state index contributed by atoms with van der Waals surface area (Å²) in [6.07, 6.45) is 1.64. The van der Waals surface area contributed by atoms with E-state index < -0.39 is 0 Å². The predicted octanol–water partition coefficient (Wildman–Crippen LogP) is 4.36. The van der Waals surface area contributed by atoms with Gasteiger partial charge in [-0.1, -0.05) is 23.2 Å². The summed E-state index contributed by atoms with van der Waals surface area (Å²) in [5.41, 5.74) is 3.16. The zero-order chi connectivity index (χ0) is 17.1. The first-order valence-corrected chi connectivity index (χ1v) is 8.05. The van der Waals surface area contributed by atoms with Crippen molar-refractivity contribution >= 4 is 45.7 Å². The number of aromatic nitrogens is 2. The number of halogens is 2. The molecule has 24 heavy (non-hydrogen) atoms. The fourth-order valence-electron chi connectivity index (χ4n) is 2.26. The van der Waals surface area contributed by atoms with Crippen LogP contribution in [0.15, 0.2) is 36.5 Å². The van der Waals surface area contributed by atoms with Crippen LogP contribution in [0.5, 0.6) is 5.75 Å². The molecule has 0 unspecified atom stereocenters. The largest absolute Gasteiger partial charge is 0.491 e. The molecular weight excluding hydrogens is 349 g/mol. The average molecular weight is 364 g/mol. The third-order valence-electron chi connectivity index (χ3n) is 3.38. The molecule has 0 spiro atoms. The molecule has 0 aliphatic carbocycles. The van der Waals surface area contributed by atoms with Crippen LogP contribution in [0.2, 0.25) is 10.0 Å². The van der Waals surface area contributed by atoms with Gasteiger partial charge in [0.1, 0.15) is 18.2 Å². The normalized spacial score (nSPS) is 10.8. The van der Waals surface area contributed by atoms with E-state index in [9.17, 15) is 0 Å². The van der Waals surface area contributed by atoms with Gasteiger partial charge in [0.2, 0.25) is 0 Å². The molecule has 2 N–H and O–H groups in total. The van der Waals surface area contributed by atoms with E-state index in [0.29, 0.717) is 26.9 Å². The highest BCUT2D eigenvalue weighted by Crippen LogP contribution is 2.28. The second-order valence-corrected chi connectivity index (χ2v) is 6.00. The predicted molar refractivity (Wildman–Crippen MR) is 96.6 cm³/mol. The van der Waals surface area contributed by atoms with E-state index in [0.717, 1.165) is 17.0 Å². The molecule has 0 saturated carbocycles. The molecule has 0 saturated heterocycles. The summed E-state index contributed by atoms with van der Waals surface area (Å²) in [5, 5.41) is 12.9. The fourth-order valence-corrected chi connectivity index (χ4v) is 2.58. The number of nitrogens with one attached hydrogen (secondary N) is 1. The van der Waals surface area contributed by atoms with E-state index in [1.54, 1.807) is 18.3 Å². The van der Waals surface area contributed by atoms with Crippen LogP contribution < -0.4 is 10.1 Å². The first-order valence-electron chi connectivity index (χ1n) is 7.30. The molecule has 1 heterocycles. The van der Waals surface area contributed by atoms with Crippen molar-refractivity contribution in [1.29, 1.82) is 0 Å². The fraction of sp³-hybridized carbons (Fsp3) is 0.176.